The molecule has 0 aromatic carbocycles. The van der Waals surface area contributed by atoms with Gasteiger partial charge in [0.15, 0.2) is 0 Å². The second-order valence-electron chi connectivity index (χ2n) is 5.92. The van der Waals surface area contributed by atoms with Gasteiger partial charge in [0.2, 0.25) is 5.88 Å². The number of nitrogens with one attached hydrogen (secondary N) is 1. The van der Waals surface area contributed by atoms with E-state index in [0.29, 0.717) is 24.5 Å². The van der Waals surface area contributed by atoms with Crippen LogP contribution in [0, 0.1) is 0 Å². The topological polar surface area (TPSA) is 78.5 Å². The summed E-state index contributed by atoms with van der Waals surface area (Å²) in [4.78, 5) is 21.6. The van der Waals surface area contributed by atoms with E-state index in [9.17, 15) is 9.90 Å². The van der Waals surface area contributed by atoms with Crippen molar-refractivity contribution in [3.8, 4) is 5.88 Å². The van der Waals surface area contributed by atoms with Gasteiger partial charge in [-0.15, -0.1) is 0 Å². The van der Waals surface area contributed by atoms with E-state index in [1.807, 2.05) is 0 Å². The smallest absolute Gasteiger partial charge is 0.258 e. The number of aromatic nitrogens is 2. The standard InChI is InChI=1S/C15H23N3O3/c1-2-18-7-8-21-11(9-18)13-16-14(19)12(15(20)17-13)10-5-3-4-6-10/h10-11H,2-9H2,1H3,(H2,16,17,19,20). The zero-order valence-electron chi connectivity index (χ0n) is 12.5. The van der Waals surface area contributed by atoms with Crippen LogP contribution in [0.2, 0.25) is 0 Å². The van der Waals surface area contributed by atoms with Gasteiger partial charge in [-0.25, -0.2) is 0 Å². The summed E-state index contributed by atoms with van der Waals surface area (Å²) >= 11 is 0. The molecule has 1 aromatic heterocycles. The molecule has 0 spiro atoms. The van der Waals surface area contributed by atoms with Gasteiger partial charge in [0.1, 0.15) is 11.9 Å². The molecule has 2 fully saturated rings. The Kier molecular flexibility index (Phi) is 4.26. The summed E-state index contributed by atoms with van der Waals surface area (Å²) in [6, 6.07) is 0. The van der Waals surface area contributed by atoms with Crippen LogP contribution in [-0.2, 0) is 4.74 Å². The zero-order chi connectivity index (χ0) is 14.8. The Bertz CT molecular complexity index is 552. The van der Waals surface area contributed by atoms with Gasteiger partial charge in [0, 0.05) is 13.1 Å². The van der Waals surface area contributed by atoms with Gasteiger partial charge in [0.05, 0.1) is 12.2 Å². The summed E-state index contributed by atoms with van der Waals surface area (Å²) < 4.78 is 5.69. The number of hydrogen-bond acceptors (Lipinski definition) is 5. The number of aromatic hydroxyl groups is 1. The number of rotatable bonds is 3. The molecule has 0 bridgehead atoms. The monoisotopic (exact) mass is 293 g/mol. The number of morpholine rings is 1. The Labute approximate surface area is 124 Å². The summed E-state index contributed by atoms with van der Waals surface area (Å²) in [7, 11) is 0. The number of nitrogens with zero attached hydrogens (tertiary/aromatic N) is 2. The van der Waals surface area contributed by atoms with Crippen LogP contribution in [0.4, 0.5) is 0 Å². The van der Waals surface area contributed by atoms with Crippen molar-refractivity contribution in [2.24, 2.45) is 0 Å². The quantitative estimate of drug-likeness (QED) is 0.883. The van der Waals surface area contributed by atoms with Crippen molar-refractivity contribution in [3.63, 3.8) is 0 Å². The average molecular weight is 293 g/mol. The first kappa shape index (κ1) is 14.5. The number of likely N-dealkylation sites (N-methyl/N-ethyl adjacent to an activating group) is 1. The van der Waals surface area contributed by atoms with Gasteiger partial charge >= 0.3 is 0 Å². The molecule has 1 atom stereocenters. The highest BCUT2D eigenvalue weighted by molar-refractivity contribution is 5.28. The van der Waals surface area contributed by atoms with Gasteiger partial charge in [-0.2, -0.15) is 4.98 Å². The highest BCUT2D eigenvalue weighted by Crippen LogP contribution is 2.35. The van der Waals surface area contributed by atoms with Gasteiger partial charge in [-0.1, -0.05) is 19.8 Å². The van der Waals surface area contributed by atoms with Crippen LogP contribution < -0.4 is 5.56 Å². The molecule has 3 rings (SSSR count). The van der Waals surface area contributed by atoms with Crippen LogP contribution in [0.3, 0.4) is 0 Å². The van der Waals surface area contributed by atoms with Crippen LogP contribution in [0.1, 0.15) is 56.0 Å². The molecule has 1 aliphatic heterocycles. The van der Waals surface area contributed by atoms with Gasteiger partial charge in [-0.3, -0.25) is 9.69 Å². The summed E-state index contributed by atoms with van der Waals surface area (Å²) in [5, 5.41) is 10.2. The maximum absolute atomic E-state index is 12.3. The lowest BCUT2D eigenvalue weighted by Crippen LogP contribution is -2.39. The molecule has 1 saturated carbocycles. The van der Waals surface area contributed by atoms with Gasteiger partial charge in [0.25, 0.3) is 5.56 Å². The molecule has 1 saturated heterocycles. The number of aromatic amines is 1. The van der Waals surface area contributed by atoms with Gasteiger partial charge in [-0.05, 0) is 25.3 Å². The minimum atomic E-state index is -0.269. The molecule has 0 radical (unpaired) electrons. The van der Waals surface area contributed by atoms with Crippen molar-refractivity contribution < 1.29 is 9.84 Å². The van der Waals surface area contributed by atoms with E-state index in [0.717, 1.165) is 38.8 Å². The van der Waals surface area contributed by atoms with Crippen LogP contribution >= 0.6 is 0 Å². The lowest BCUT2D eigenvalue weighted by molar-refractivity contribution is -0.0329. The predicted octanol–water partition coefficient (Wildman–Crippen LogP) is 1.53. The first-order chi connectivity index (χ1) is 10.2. The normalized spacial score (nSPS) is 24.5. The fraction of sp³-hybridized carbons (Fsp3) is 0.733. The largest absolute Gasteiger partial charge is 0.493 e. The molecule has 1 aromatic rings. The van der Waals surface area contributed by atoms with E-state index in [4.69, 9.17) is 4.74 Å². The predicted molar refractivity (Wildman–Crippen MR) is 78.5 cm³/mol. The van der Waals surface area contributed by atoms with Gasteiger partial charge < -0.3 is 14.8 Å². The van der Waals surface area contributed by atoms with Crippen molar-refractivity contribution in [2.45, 2.75) is 44.6 Å². The first-order valence-electron chi connectivity index (χ1n) is 7.86. The molecule has 6 nitrogen and oxygen atoms in total. The molecule has 2 aliphatic rings. The third-order valence-corrected chi connectivity index (χ3v) is 4.62. The second-order valence-corrected chi connectivity index (χ2v) is 5.92. The maximum atomic E-state index is 12.3. The first-order valence-corrected chi connectivity index (χ1v) is 7.86. The fourth-order valence-electron chi connectivity index (χ4n) is 3.38. The minimum Gasteiger partial charge on any atom is -0.493 e. The van der Waals surface area contributed by atoms with Crippen molar-refractivity contribution in [3.05, 3.63) is 21.7 Å². The molecule has 1 unspecified atom stereocenters. The lowest BCUT2D eigenvalue weighted by atomic mass is 10.00. The maximum Gasteiger partial charge on any atom is 0.258 e. The molecule has 21 heavy (non-hydrogen) atoms. The molecule has 2 N–H and O–H groups in total. The van der Waals surface area contributed by atoms with Crippen LogP contribution in [0.5, 0.6) is 5.88 Å². The third-order valence-electron chi connectivity index (χ3n) is 4.62. The molecule has 6 heteroatoms. The zero-order valence-corrected chi connectivity index (χ0v) is 12.5. The van der Waals surface area contributed by atoms with Crippen LogP contribution in [0.25, 0.3) is 0 Å². The van der Waals surface area contributed by atoms with E-state index in [-0.39, 0.29) is 23.5 Å². The highest BCUT2D eigenvalue weighted by Gasteiger charge is 2.28. The van der Waals surface area contributed by atoms with E-state index in [2.05, 4.69) is 21.8 Å². The van der Waals surface area contributed by atoms with E-state index < -0.39 is 0 Å². The summed E-state index contributed by atoms with van der Waals surface area (Å²) in [6.45, 7) is 5.24. The Morgan fingerprint density at radius 2 is 2.19 bits per heavy atom. The summed E-state index contributed by atoms with van der Waals surface area (Å²) in [5.74, 6) is 0.477. The lowest BCUT2D eigenvalue weighted by Gasteiger charge is -2.31. The number of H-pyrrole nitrogens is 1. The van der Waals surface area contributed by atoms with Crippen molar-refractivity contribution >= 4 is 0 Å². The minimum absolute atomic E-state index is 0.113. The van der Waals surface area contributed by atoms with Crippen LogP contribution in [0.15, 0.2) is 4.79 Å². The Balaban J connectivity index is 1.86. The van der Waals surface area contributed by atoms with Crippen molar-refractivity contribution in [1.82, 2.24) is 14.9 Å². The Morgan fingerprint density at radius 3 is 2.86 bits per heavy atom. The Hall–Kier alpha value is -1.40. The van der Waals surface area contributed by atoms with E-state index in [1.165, 1.54) is 0 Å². The van der Waals surface area contributed by atoms with Crippen molar-refractivity contribution in [2.75, 3.05) is 26.2 Å². The fourth-order valence-corrected chi connectivity index (χ4v) is 3.38. The SMILES string of the molecule is CCN1CCOC(c2nc(O)c(C3CCCC3)c(=O)[nH]2)C1. The molecule has 0 amide bonds. The summed E-state index contributed by atoms with van der Waals surface area (Å²) in [6.07, 6.45) is 3.88. The van der Waals surface area contributed by atoms with Crippen molar-refractivity contribution in [1.29, 1.82) is 0 Å². The molecule has 2 heterocycles. The second kappa shape index (κ2) is 6.15. The number of hydrogen-bond donors (Lipinski definition) is 2. The third kappa shape index (κ3) is 2.96. The van der Waals surface area contributed by atoms with Crippen LogP contribution in [-0.4, -0.2) is 46.2 Å². The van der Waals surface area contributed by atoms with E-state index >= 15 is 0 Å². The number of ether oxygens (including phenoxy) is 1. The summed E-state index contributed by atoms with van der Waals surface area (Å²) in [5.41, 5.74) is 0.251. The highest BCUT2D eigenvalue weighted by atomic mass is 16.5. The molecule has 1 aliphatic carbocycles. The Morgan fingerprint density at radius 1 is 1.43 bits per heavy atom. The molecular weight excluding hydrogens is 270 g/mol. The molecular formula is C15H23N3O3. The molecule has 116 valence electrons. The van der Waals surface area contributed by atoms with E-state index in [1.54, 1.807) is 0 Å². The average Bonchev–Trinajstić information content (AvgIpc) is 3.00.